The molecule has 0 atom stereocenters. The van der Waals surface area contributed by atoms with Crippen LogP contribution in [0.5, 0.6) is 5.75 Å². The number of halogens is 2. The van der Waals surface area contributed by atoms with Gasteiger partial charge in [0.25, 0.3) is 0 Å². The van der Waals surface area contributed by atoms with Crippen LogP contribution in [0.15, 0.2) is 85.1 Å². The maximum absolute atomic E-state index is 12.5. The number of benzene rings is 3. The van der Waals surface area contributed by atoms with Crippen molar-refractivity contribution in [3.8, 4) is 11.4 Å². The highest BCUT2D eigenvalue weighted by Crippen LogP contribution is 2.29. The first-order valence-corrected chi connectivity index (χ1v) is 11.1. The number of hydrogen-bond donors (Lipinski definition) is 0. The predicted octanol–water partition coefficient (Wildman–Crippen LogP) is 6.59. The van der Waals surface area contributed by atoms with Gasteiger partial charge in [0.05, 0.1) is 12.1 Å². The van der Waals surface area contributed by atoms with Gasteiger partial charge in [-0.2, -0.15) is 8.78 Å². The highest BCUT2D eigenvalue weighted by molar-refractivity contribution is 5.91. The highest BCUT2D eigenvalue weighted by Gasteiger charge is 2.12. The minimum absolute atomic E-state index is 0.117. The summed E-state index contributed by atoms with van der Waals surface area (Å²) in [6.07, 6.45) is 6.95. The van der Waals surface area contributed by atoms with E-state index in [0.717, 1.165) is 40.6 Å². The number of esters is 1. The molecular weight excluding hydrogens is 436 g/mol. The summed E-state index contributed by atoms with van der Waals surface area (Å²) >= 11 is 0. The molecule has 0 amide bonds. The van der Waals surface area contributed by atoms with Gasteiger partial charge in [0, 0.05) is 23.3 Å². The third-order valence-corrected chi connectivity index (χ3v) is 5.48. The molecule has 1 aromatic heterocycles. The molecule has 0 bridgehead atoms. The van der Waals surface area contributed by atoms with Crippen molar-refractivity contribution in [2.45, 2.75) is 26.4 Å². The van der Waals surface area contributed by atoms with Crippen molar-refractivity contribution in [1.29, 1.82) is 0 Å². The van der Waals surface area contributed by atoms with Crippen LogP contribution in [0.2, 0.25) is 0 Å². The quantitative estimate of drug-likeness (QED) is 0.208. The minimum Gasteiger partial charge on any atom is -0.463 e. The molecule has 1 heterocycles. The third kappa shape index (κ3) is 5.70. The fraction of sp³-hybridized carbons (Fsp3) is 0.179. The summed E-state index contributed by atoms with van der Waals surface area (Å²) < 4.78 is 36.5. The van der Waals surface area contributed by atoms with Gasteiger partial charge in [-0.05, 0) is 78.9 Å². The number of carbonyl (C=O) groups is 1. The number of hydrogen-bond acceptors (Lipinski definition) is 3. The second-order valence-corrected chi connectivity index (χ2v) is 7.74. The predicted molar refractivity (Wildman–Crippen MR) is 129 cm³/mol. The van der Waals surface area contributed by atoms with Crippen molar-refractivity contribution in [2.24, 2.45) is 0 Å². The normalized spacial score (nSPS) is 11.4. The van der Waals surface area contributed by atoms with Crippen LogP contribution in [0.3, 0.4) is 0 Å². The molecule has 0 saturated heterocycles. The molecule has 4 aromatic rings. The van der Waals surface area contributed by atoms with Crippen molar-refractivity contribution < 1.29 is 23.0 Å². The average Bonchev–Trinajstić information content (AvgIpc) is 3.20. The maximum Gasteiger partial charge on any atom is 0.387 e. The zero-order valence-electron chi connectivity index (χ0n) is 18.8. The van der Waals surface area contributed by atoms with Gasteiger partial charge in [0.1, 0.15) is 5.75 Å². The van der Waals surface area contributed by atoms with E-state index in [2.05, 4.69) is 29.1 Å². The molecule has 4 nitrogen and oxygen atoms in total. The van der Waals surface area contributed by atoms with Gasteiger partial charge in [0.2, 0.25) is 0 Å². The Balaban J connectivity index is 1.69. The van der Waals surface area contributed by atoms with Crippen LogP contribution in [-0.2, 0) is 22.4 Å². The van der Waals surface area contributed by atoms with Gasteiger partial charge in [-0.25, -0.2) is 4.79 Å². The van der Waals surface area contributed by atoms with E-state index in [4.69, 9.17) is 4.74 Å². The van der Waals surface area contributed by atoms with Crippen LogP contribution in [-0.4, -0.2) is 23.8 Å². The summed E-state index contributed by atoms with van der Waals surface area (Å²) in [5, 5.41) is 1.06. The van der Waals surface area contributed by atoms with Gasteiger partial charge in [-0.3, -0.25) is 0 Å². The second kappa shape index (κ2) is 10.8. The molecule has 0 aliphatic carbocycles. The van der Waals surface area contributed by atoms with Crippen molar-refractivity contribution in [3.05, 3.63) is 102 Å². The van der Waals surface area contributed by atoms with E-state index < -0.39 is 6.61 Å². The monoisotopic (exact) mass is 461 g/mol. The lowest BCUT2D eigenvalue weighted by molar-refractivity contribution is -0.137. The van der Waals surface area contributed by atoms with Crippen molar-refractivity contribution in [1.82, 2.24) is 4.57 Å². The lowest BCUT2D eigenvalue weighted by Crippen LogP contribution is -2.02. The fourth-order valence-corrected chi connectivity index (χ4v) is 3.90. The molecule has 0 spiro atoms. The minimum atomic E-state index is -2.86. The van der Waals surface area contributed by atoms with Crippen molar-refractivity contribution in [3.63, 3.8) is 0 Å². The van der Waals surface area contributed by atoms with Crippen LogP contribution in [0.4, 0.5) is 8.78 Å². The Kier molecular flexibility index (Phi) is 7.38. The van der Waals surface area contributed by atoms with E-state index in [1.807, 2.05) is 34.9 Å². The van der Waals surface area contributed by atoms with Crippen LogP contribution in [0.25, 0.3) is 22.7 Å². The summed E-state index contributed by atoms with van der Waals surface area (Å²) in [7, 11) is 0. The first-order valence-electron chi connectivity index (χ1n) is 11.1. The van der Waals surface area contributed by atoms with Gasteiger partial charge in [0.15, 0.2) is 0 Å². The summed E-state index contributed by atoms with van der Waals surface area (Å²) in [5.74, 6) is -0.263. The number of carbonyl (C=O) groups excluding carboxylic acids is 1. The molecule has 0 saturated carbocycles. The molecular formula is C28H25F2NO3. The summed E-state index contributed by atoms with van der Waals surface area (Å²) in [4.78, 5) is 11.7. The lowest BCUT2D eigenvalue weighted by atomic mass is 10.0. The van der Waals surface area contributed by atoms with E-state index in [-0.39, 0.29) is 11.7 Å². The number of rotatable bonds is 9. The molecule has 0 aliphatic rings. The molecule has 0 radical (unpaired) electrons. The zero-order valence-corrected chi connectivity index (χ0v) is 18.8. The standard InChI is InChI=1S/C28H25F2NO3/c1-2-33-27(32)17-10-21-9-16-26-25(18-21)22(11-8-20-6-4-3-5-7-20)19-31(26)23-12-14-24(15-13-23)34-28(29)30/h3-7,9-10,12-19,28H,2,8,11H2,1H3. The summed E-state index contributed by atoms with van der Waals surface area (Å²) in [6, 6.07) is 22.8. The largest absolute Gasteiger partial charge is 0.463 e. The Morgan fingerprint density at radius 2 is 1.76 bits per heavy atom. The molecule has 0 N–H and O–H groups in total. The first kappa shape index (κ1) is 23.2. The summed E-state index contributed by atoms with van der Waals surface area (Å²) in [5.41, 5.74) is 5.11. The lowest BCUT2D eigenvalue weighted by Gasteiger charge is -2.08. The Labute approximate surface area is 197 Å². The van der Waals surface area contributed by atoms with E-state index in [9.17, 15) is 13.6 Å². The molecule has 174 valence electrons. The number of ether oxygens (including phenoxy) is 2. The Bertz CT molecular complexity index is 1280. The SMILES string of the molecule is CCOC(=O)C=Cc1ccc2c(c1)c(CCc1ccccc1)cn2-c1ccc(OC(F)F)cc1. The van der Waals surface area contributed by atoms with E-state index >= 15 is 0 Å². The van der Waals surface area contributed by atoms with E-state index in [1.54, 1.807) is 25.1 Å². The Morgan fingerprint density at radius 1 is 1.00 bits per heavy atom. The Morgan fingerprint density at radius 3 is 2.47 bits per heavy atom. The molecule has 6 heteroatoms. The van der Waals surface area contributed by atoms with E-state index in [1.165, 1.54) is 23.8 Å². The van der Waals surface area contributed by atoms with E-state index in [0.29, 0.717) is 6.61 Å². The number of alkyl halides is 2. The van der Waals surface area contributed by atoms with Crippen LogP contribution in [0, 0.1) is 0 Å². The molecule has 3 aromatic carbocycles. The molecule has 0 fully saturated rings. The fourth-order valence-electron chi connectivity index (χ4n) is 3.90. The molecule has 0 unspecified atom stereocenters. The number of aromatic nitrogens is 1. The van der Waals surface area contributed by atoms with Gasteiger partial charge in [-0.1, -0.05) is 36.4 Å². The van der Waals surface area contributed by atoms with Gasteiger partial charge in [-0.15, -0.1) is 0 Å². The third-order valence-electron chi connectivity index (χ3n) is 5.48. The van der Waals surface area contributed by atoms with Gasteiger partial charge >= 0.3 is 12.6 Å². The van der Waals surface area contributed by atoms with Crippen LogP contribution < -0.4 is 4.74 Å². The zero-order chi connectivity index (χ0) is 23.9. The second-order valence-electron chi connectivity index (χ2n) is 7.74. The average molecular weight is 462 g/mol. The maximum atomic E-state index is 12.5. The van der Waals surface area contributed by atoms with Gasteiger partial charge < -0.3 is 14.0 Å². The Hall–Kier alpha value is -3.93. The van der Waals surface area contributed by atoms with Crippen molar-refractivity contribution in [2.75, 3.05) is 6.61 Å². The van der Waals surface area contributed by atoms with Crippen LogP contribution >= 0.6 is 0 Å². The van der Waals surface area contributed by atoms with Crippen LogP contribution in [0.1, 0.15) is 23.6 Å². The number of nitrogens with zero attached hydrogens (tertiary/aromatic N) is 1. The van der Waals surface area contributed by atoms with Crippen molar-refractivity contribution >= 4 is 22.9 Å². The number of aryl methyl sites for hydroxylation is 2. The first-order chi connectivity index (χ1) is 16.5. The topological polar surface area (TPSA) is 40.5 Å². The smallest absolute Gasteiger partial charge is 0.387 e. The molecule has 34 heavy (non-hydrogen) atoms. The summed E-state index contributed by atoms with van der Waals surface area (Å²) in [6.45, 7) is -0.759. The number of fused-ring (bicyclic) bond motifs is 1. The highest BCUT2D eigenvalue weighted by atomic mass is 19.3. The molecule has 4 rings (SSSR count). The molecule has 0 aliphatic heterocycles.